The van der Waals surface area contributed by atoms with Crippen molar-refractivity contribution < 1.29 is 0 Å². The Bertz CT molecular complexity index is 4340. The fourth-order valence-electron chi connectivity index (χ4n) is 10.9. The normalized spacial score (nSPS) is 11.8. The van der Waals surface area contributed by atoms with Crippen LogP contribution >= 0.6 is 0 Å². The Morgan fingerprint density at radius 3 is 1.48 bits per heavy atom. The van der Waals surface area contributed by atoms with E-state index >= 15 is 0 Å². The van der Waals surface area contributed by atoms with Gasteiger partial charge in [0.15, 0.2) is 0 Å². The van der Waals surface area contributed by atoms with Crippen molar-refractivity contribution in [2.45, 2.75) is 0 Å². The smallest absolute Gasteiger partial charge is 0.145 e. The molecule has 2 aromatic heterocycles. The van der Waals surface area contributed by atoms with E-state index in [4.69, 9.17) is 9.97 Å². The second-order valence-corrected chi connectivity index (χ2v) is 18.1. The fraction of sp³-hybridized carbons (Fsp3) is 0. The zero-order valence-corrected chi connectivity index (χ0v) is 37.5. The molecule has 0 amide bonds. The summed E-state index contributed by atoms with van der Waals surface area (Å²) in [5.41, 5.74) is 14.2. The van der Waals surface area contributed by atoms with Gasteiger partial charge in [0.2, 0.25) is 0 Å². The second-order valence-electron chi connectivity index (χ2n) is 18.1. The largest absolute Gasteiger partial charge is 0.292 e. The molecule has 0 radical (unpaired) electrons. The molecule has 0 saturated heterocycles. The zero-order chi connectivity index (χ0) is 45.4. The van der Waals surface area contributed by atoms with Crippen LogP contribution in [0.3, 0.4) is 0 Å². The van der Waals surface area contributed by atoms with Gasteiger partial charge in [-0.2, -0.15) is 0 Å². The maximum absolute atomic E-state index is 5.51. The molecule has 0 N–H and O–H groups in total. The first-order valence-electron chi connectivity index (χ1n) is 23.6. The highest BCUT2D eigenvalue weighted by Gasteiger charge is 2.22. The number of benzene rings is 12. The molecule has 12 aromatic carbocycles. The Hall–Kier alpha value is -9.18. The van der Waals surface area contributed by atoms with E-state index in [0.29, 0.717) is 0 Å². The van der Waals surface area contributed by atoms with Gasteiger partial charge < -0.3 is 0 Å². The topological polar surface area (TPSA) is 30.7 Å². The molecule has 14 rings (SSSR count). The third-order valence-corrected chi connectivity index (χ3v) is 14.1. The van der Waals surface area contributed by atoms with Crippen LogP contribution in [0.2, 0.25) is 0 Å². The highest BCUT2D eigenvalue weighted by molar-refractivity contribution is 6.23. The van der Waals surface area contributed by atoms with Crippen molar-refractivity contribution in [1.82, 2.24) is 14.5 Å². The Kier molecular flexibility index (Phi) is 8.90. The van der Waals surface area contributed by atoms with Gasteiger partial charge in [-0.1, -0.05) is 206 Å². The molecule has 2 heterocycles. The third kappa shape index (κ3) is 6.36. The SMILES string of the molecule is c1ccc(-c2nc3c4c(-c5ccc(-c6ccc7c(-c8ccc9ccccc9c8)c8ccccc8c(-c8ccc9ccccc9c8)c7c6)cc5)nc5ccccc5c4ccc3n2-c2ccccc2)cc1. The van der Waals surface area contributed by atoms with Gasteiger partial charge in [0.25, 0.3) is 0 Å². The lowest BCUT2D eigenvalue weighted by Gasteiger charge is -2.19. The molecule has 0 aliphatic carbocycles. The fourth-order valence-corrected chi connectivity index (χ4v) is 10.9. The minimum atomic E-state index is 0.898. The molecule has 0 aliphatic rings. The number of hydrogen-bond donors (Lipinski definition) is 0. The lowest BCUT2D eigenvalue weighted by atomic mass is 9.84. The van der Waals surface area contributed by atoms with Crippen molar-refractivity contribution >= 4 is 75.8 Å². The molecule has 0 saturated carbocycles. The molecule has 0 aliphatic heterocycles. The number of fused-ring (bicyclic) bond motifs is 9. The minimum absolute atomic E-state index is 0.898. The molecule has 3 heteroatoms. The lowest BCUT2D eigenvalue weighted by molar-refractivity contribution is 1.10. The van der Waals surface area contributed by atoms with Gasteiger partial charge in [0, 0.05) is 27.6 Å². The van der Waals surface area contributed by atoms with Crippen molar-refractivity contribution in [2.75, 3.05) is 0 Å². The second kappa shape index (κ2) is 15.7. The van der Waals surface area contributed by atoms with Crippen molar-refractivity contribution in [3.63, 3.8) is 0 Å². The average molecular weight is 876 g/mol. The van der Waals surface area contributed by atoms with Crippen LogP contribution in [0.1, 0.15) is 0 Å². The maximum Gasteiger partial charge on any atom is 0.145 e. The average Bonchev–Trinajstić information content (AvgIpc) is 3.82. The number of rotatable bonds is 6. The van der Waals surface area contributed by atoms with Crippen molar-refractivity contribution in [3.05, 3.63) is 249 Å². The monoisotopic (exact) mass is 875 g/mol. The summed E-state index contributed by atoms with van der Waals surface area (Å²) in [6, 6.07) is 90.1. The van der Waals surface area contributed by atoms with Gasteiger partial charge in [-0.15, -0.1) is 0 Å². The molecule has 0 fully saturated rings. The van der Waals surface area contributed by atoms with E-state index in [0.717, 1.165) is 72.2 Å². The molecular formula is C66H41N3. The molecular weight excluding hydrogens is 835 g/mol. The van der Waals surface area contributed by atoms with E-state index in [1.165, 1.54) is 65.3 Å². The van der Waals surface area contributed by atoms with Crippen LogP contribution in [0.15, 0.2) is 249 Å². The number of nitrogens with zero attached hydrogens (tertiary/aromatic N) is 3. The van der Waals surface area contributed by atoms with E-state index in [1.54, 1.807) is 0 Å². The van der Waals surface area contributed by atoms with E-state index in [9.17, 15) is 0 Å². The van der Waals surface area contributed by atoms with Crippen molar-refractivity contribution in [1.29, 1.82) is 0 Å². The van der Waals surface area contributed by atoms with Gasteiger partial charge in [0.1, 0.15) is 5.82 Å². The molecule has 0 atom stereocenters. The van der Waals surface area contributed by atoms with Gasteiger partial charge >= 0.3 is 0 Å². The summed E-state index contributed by atoms with van der Waals surface area (Å²) in [7, 11) is 0. The van der Waals surface area contributed by atoms with E-state index in [1.807, 2.05) is 0 Å². The van der Waals surface area contributed by atoms with Crippen LogP contribution in [0, 0.1) is 0 Å². The summed E-state index contributed by atoms with van der Waals surface area (Å²) in [6.45, 7) is 0. The van der Waals surface area contributed by atoms with Gasteiger partial charge in [-0.25, -0.2) is 9.97 Å². The van der Waals surface area contributed by atoms with E-state index in [-0.39, 0.29) is 0 Å². The number of para-hydroxylation sites is 2. The quantitative estimate of drug-likeness (QED) is 0.123. The van der Waals surface area contributed by atoms with Crippen LogP contribution < -0.4 is 0 Å². The summed E-state index contributed by atoms with van der Waals surface area (Å²) in [5.74, 6) is 0.898. The summed E-state index contributed by atoms with van der Waals surface area (Å²) in [6.07, 6.45) is 0. The maximum atomic E-state index is 5.51. The van der Waals surface area contributed by atoms with Gasteiger partial charge in [0.05, 0.1) is 22.2 Å². The van der Waals surface area contributed by atoms with Gasteiger partial charge in [-0.05, 0) is 124 Å². The standard InChI is InChI=1S/C66H41N3/c1-3-17-46(18-4-1)66-68-65-60(69(66)52-21-5-2-6-22-52)38-37-56-53-23-13-14-26-59(53)67-64(63(56)65)45-31-27-44(28-32-45)49-35-36-57-58(41-49)62(51-34-30-43-16-8-10-20-48(43)40-51)55-25-12-11-24-54(55)61(57)50-33-29-42-15-7-9-19-47(42)39-50/h1-41H. The predicted octanol–water partition coefficient (Wildman–Crippen LogP) is 17.7. The molecule has 3 nitrogen and oxygen atoms in total. The number of pyridine rings is 1. The highest BCUT2D eigenvalue weighted by atomic mass is 15.1. The molecule has 320 valence electrons. The van der Waals surface area contributed by atoms with Crippen molar-refractivity contribution in [3.8, 4) is 61.7 Å². The summed E-state index contributed by atoms with van der Waals surface area (Å²) >= 11 is 0. The first-order valence-corrected chi connectivity index (χ1v) is 23.6. The Morgan fingerprint density at radius 1 is 0.290 bits per heavy atom. The first kappa shape index (κ1) is 39.0. The third-order valence-electron chi connectivity index (χ3n) is 14.1. The van der Waals surface area contributed by atoms with Crippen LogP contribution in [-0.2, 0) is 0 Å². The predicted molar refractivity (Wildman–Crippen MR) is 291 cm³/mol. The summed E-state index contributed by atoms with van der Waals surface area (Å²) in [4.78, 5) is 11.0. The number of imidazole rings is 1. The minimum Gasteiger partial charge on any atom is -0.292 e. The summed E-state index contributed by atoms with van der Waals surface area (Å²) < 4.78 is 2.28. The van der Waals surface area contributed by atoms with Gasteiger partial charge in [-0.3, -0.25) is 4.57 Å². The first-order chi connectivity index (χ1) is 34.2. The van der Waals surface area contributed by atoms with Crippen LogP contribution in [-0.4, -0.2) is 14.5 Å². The van der Waals surface area contributed by atoms with E-state index < -0.39 is 0 Å². The van der Waals surface area contributed by atoms with Crippen LogP contribution in [0.25, 0.3) is 138 Å². The molecule has 69 heavy (non-hydrogen) atoms. The summed E-state index contributed by atoms with van der Waals surface area (Å²) in [5, 5.41) is 13.2. The van der Waals surface area contributed by atoms with Crippen LogP contribution in [0.5, 0.6) is 0 Å². The molecule has 14 aromatic rings. The Balaban J connectivity index is 0.978. The molecule has 0 bridgehead atoms. The highest BCUT2D eigenvalue weighted by Crippen LogP contribution is 2.46. The van der Waals surface area contributed by atoms with Crippen LogP contribution in [0.4, 0.5) is 0 Å². The lowest BCUT2D eigenvalue weighted by Crippen LogP contribution is -1.97. The number of hydrogen-bond acceptors (Lipinski definition) is 2. The molecule has 0 unspecified atom stereocenters. The Labute approximate surface area is 398 Å². The van der Waals surface area contributed by atoms with Crippen molar-refractivity contribution in [2.24, 2.45) is 0 Å². The Morgan fingerprint density at radius 2 is 0.797 bits per heavy atom. The number of aromatic nitrogens is 3. The molecule has 0 spiro atoms. The van der Waals surface area contributed by atoms with E-state index in [2.05, 4.69) is 253 Å². The zero-order valence-electron chi connectivity index (χ0n) is 37.5.